The highest BCUT2D eigenvalue weighted by atomic mass is 15.6. The maximum absolute atomic E-state index is 4.76. The maximum Gasteiger partial charge on any atom is 0.462 e. The molecular weight excluding hydrogens is 320 g/mol. The van der Waals surface area contributed by atoms with Gasteiger partial charge in [0.1, 0.15) is 12.4 Å². The van der Waals surface area contributed by atoms with Gasteiger partial charge in [-0.2, -0.15) is 4.57 Å². The molecule has 7 rings (SSSR count). The Bertz CT molecular complexity index is 1240. The molecule has 4 heteroatoms. The lowest BCUT2D eigenvalue weighted by molar-refractivity contribution is -0.965. The summed E-state index contributed by atoms with van der Waals surface area (Å²) in [6.07, 6.45) is 8.19. The van der Waals surface area contributed by atoms with Crippen LogP contribution in [0.25, 0.3) is 5.95 Å². The Morgan fingerprint density at radius 1 is 0.885 bits per heavy atom. The molecule has 0 saturated carbocycles. The van der Waals surface area contributed by atoms with Crippen LogP contribution in [0.5, 0.6) is 0 Å². The van der Waals surface area contributed by atoms with Gasteiger partial charge in [0.05, 0.1) is 16.8 Å². The van der Waals surface area contributed by atoms with Gasteiger partial charge in [0.15, 0.2) is 0 Å². The van der Waals surface area contributed by atoms with Crippen molar-refractivity contribution >= 4 is 0 Å². The standard InChI is InChI=1S/C22H16N4/c1-2-8-19-15(5-1)13-16-6-3-7-17-14-18-9-10-23-21-24-11-4-12-25(24)22(19,20(16)17)26(18)21/h1-12H,13-14H2/q+2. The first-order valence-electron chi connectivity index (χ1n) is 9.09. The minimum Gasteiger partial charge on any atom is -0.153 e. The van der Waals surface area contributed by atoms with Gasteiger partial charge in [-0.15, -0.1) is 0 Å². The molecule has 4 heterocycles. The van der Waals surface area contributed by atoms with Crippen molar-refractivity contribution in [2.24, 2.45) is 0 Å². The van der Waals surface area contributed by atoms with E-state index in [0.717, 1.165) is 18.8 Å². The third-order valence-electron chi connectivity index (χ3n) is 6.22. The van der Waals surface area contributed by atoms with Crippen LogP contribution in [0.3, 0.4) is 0 Å². The highest BCUT2D eigenvalue weighted by Gasteiger charge is 2.66. The van der Waals surface area contributed by atoms with Gasteiger partial charge in [0.25, 0.3) is 0 Å². The molecule has 0 radical (unpaired) electrons. The van der Waals surface area contributed by atoms with E-state index in [1.54, 1.807) is 0 Å². The van der Waals surface area contributed by atoms with Crippen LogP contribution in [0.1, 0.15) is 33.5 Å². The Balaban J connectivity index is 1.79. The number of aromatic nitrogens is 4. The van der Waals surface area contributed by atoms with Gasteiger partial charge in [0, 0.05) is 23.2 Å². The summed E-state index contributed by atoms with van der Waals surface area (Å²) in [7, 11) is 0. The van der Waals surface area contributed by atoms with Crippen molar-refractivity contribution < 1.29 is 9.25 Å². The summed E-state index contributed by atoms with van der Waals surface area (Å²) in [5.74, 6) is 0.990. The smallest absolute Gasteiger partial charge is 0.153 e. The van der Waals surface area contributed by atoms with Crippen LogP contribution < -0.4 is 9.25 Å². The number of nitrogens with zero attached hydrogens (tertiary/aromatic N) is 4. The molecule has 122 valence electrons. The van der Waals surface area contributed by atoms with E-state index in [1.165, 1.54) is 33.5 Å². The fourth-order valence-electron chi connectivity index (χ4n) is 5.39. The van der Waals surface area contributed by atoms with Crippen LogP contribution in [0.4, 0.5) is 0 Å². The van der Waals surface area contributed by atoms with Gasteiger partial charge in [-0.05, 0) is 33.9 Å². The average molecular weight is 336 g/mol. The molecule has 0 saturated heterocycles. The molecule has 4 nitrogen and oxygen atoms in total. The summed E-state index contributed by atoms with van der Waals surface area (Å²) in [6.45, 7) is 0. The third kappa shape index (κ3) is 1.21. The molecule has 0 N–H and O–H groups in total. The first kappa shape index (κ1) is 13.0. The van der Waals surface area contributed by atoms with Crippen molar-refractivity contribution in [2.45, 2.75) is 18.5 Å². The molecule has 2 aliphatic heterocycles. The van der Waals surface area contributed by atoms with E-state index in [0.29, 0.717) is 0 Å². The van der Waals surface area contributed by atoms with Crippen LogP contribution in [-0.2, 0) is 18.5 Å². The lowest BCUT2D eigenvalue weighted by Gasteiger charge is -2.35. The van der Waals surface area contributed by atoms with Gasteiger partial charge >= 0.3 is 11.6 Å². The molecule has 2 aromatic heterocycles. The second-order valence-corrected chi connectivity index (χ2v) is 7.39. The van der Waals surface area contributed by atoms with Crippen LogP contribution in [0.2, 0.25) is 0 Å². The zero-order chi connectivity index (χ0) is 16.9. The predicted octanol–water partition coefficient (Wildman–Crippen LogP) is 1.87. The van der Waals surface area contributed by atoms with Gasteiger partial charge in [0.2, 0.25) is 6.20 Å². The monoisotopic (exact) mass is 336 g/mol. The van der Waals surface area contributed by atoms with Crippen molar-refractivity contribution in [3.05, 3.63) is 107 Å². The highest BCUT2D eigenvalue weighted by Crippen LogP contribution is 2.44. The number of hydrogen-bond acceptors (Lipinski definition) is 1. The van der Waals surface area contributed by atoms with Crippen LogP contribution in [0, 0.1) is 0 Å². The van der Waals surface area contributed by atoms with Gasteiger partial charge in [-0.1, -0.05) is 41.4 Å². The fourth-order valence-corrected chi connectivity index (χ4v) is 5.39. The molecule has 0 bridgehead atoms. The summed E-state index contributed by atoms with van der Waals surface area (Å²) in [5.41, 5.74) is 7.99. The topological polar surface area (TPSA) is 25.6 Å². The molecule has 4 aromatic rings. The zero-order valence-electron chi connectivity index (χ0n) is 14.1. The molecule has 3 aliphatic rings. The SMILES string of the molecule is c1ccc2c(c1)Cc1cccc3c1C21[n+]2c(ccnc2-n2ccc[n+]21)C3. The second kappa shape index (κ2) is 4.10. The van der Waals surface area contributed by atoms with Crippen molar-refractivity contribution in [2.75, 3.05) is 0 Å². The van der Waals surface area contributed by atoms with Crippen LogP contribution in [-0.4, -0.2) is 9.67 Å². The largest absolute Gasteiger partial charge is 0.462 e. The molecule has 1 spiro atoms. The van der Waals surface area contributed by atoms with Gasteiger partial charge < -0.3 is 0 Å². The average Bonchev–Trinajstić information content (AvgIpc) is 3.26. The summed E-state index contributed by atoms with van der Waals surface area (Å²) >= 11 is 0. The van der Waals surface area contributed by atoms with E-state index in [1.807, 2.05) is 6.20 Å². The molecule has 1 aliphatic carbocycles. The number of rotatable bonds is 0. The number of benzene rings is 2. The summed E-state index contributed by atoms with van der Waals surface area (Å²) < 4.78 is 7.01. The van der Waals surface area contributed by atoms with Gasteiger partial charge in [-0.25, -0.2) is 0 Å². The molecule has 0 amide bonds. The Kier molecular flexibility index (Phi) is 2.05. The quantitative estimate of drug-likeness (QED) is 0.388. The summed E-state index contributed by atoms with van der Waals surface area (Å²) in [4.78, 5) is 4.76. The molecule has 2 aromatic carbocycles. The fraction of sp³-hybridized carbons (Fsp3) is 0.136. The highest BCUT2D eigenvalue weighted by molar-refractivity contribution is 5.54. The van der Waals surface area contributed by atoms with Crippen LogP contribution >= 0.6 is 0 Å². The Hall–Kier alpha value is -3.27. The van der Waals surface area contributed by atoms with Crippen LogP contribution in [0.15, 0.2) is 73.2 Å². The summed E-state index contributed by atoms with van der Waals surface area (Å²) in [6, 6.07) is 20.0. The van der Waals surface area contributed by atoms with E-state index >= 15 is 0 Å². The zero-order valence-corrected chi connectivity index (χ0v) is 14.1. The molecule has 1 unspecified atom stereocenters. The van der Waals surface area contributed by atoms with Crippen molar-refractivity contribution in [1.29, 1.82) is 0 Å². The van der Waals surface area contributed by atoms with E-state index < -0.39 is 0 Å². The Labute approximate surface area is 150 Å². The first-order valence-corrected chi connectivity index (χ1v) is 9.09. The Morgan fingerprint density at radius 3 is 2.69 bits per heavy atom. The van der Waals surface area contributed by atoms with Gasteiger partial charge in [-0.3, -0.25) is 0 Å². The second-order valence-electron chi connectivity index (χ2n) is 7.39. The lowest BCUT2D eigenvalue weighted by atomic mass is 9.73. The van der Waals surface area contributed by atoms with E-state index in [2.05, 4.69) is 80.9 Å². The number of fused-ring (bicyclic) bond motifs is 3. The normalized spacial score (nSPS) is 20.2. The lowest BCUT2D eigenvalue weighted by Crippen LogP contribution is -2.75. The van der Waals surface area contributed by atoms with E-state index in [9.17, 15) is 0 Å². The Morgan fingerprint density at radius 2 is 1.73 bits per heavy atom. The minimum absolute atomic E-state index is 0.374. The molecular formula is C22H16N4+2. The minimum atomic E-state index is -0.374. The van der Waals surface area contributed by atoms with Crippen molar-refractivity contribution in [3.63, 3.8) is 0 Å². The van der Waals surface area contributed by atoms with E-state index in [-0.39, 0.29) is 5.66 Å². The van der Waals surface area contributed by atoms with E-state index in [4.69, 9.17) is 4.98 Å². The van der Waals surface area contributed by atoms with Crippen molar-refractivity contribution in [1.82, 2.24) is 9.67 Å². The first-order chi connectivity index (χ1) is 12.9. The number of hydrogen-bond donors (Lipinski definition) is 0. The third-order valence-corrected chi connectivity index (χ3v) is 6.22. The molecule has 1 atom stereocenters. The summed E-state index contributed by atoms with van der Waals surface area (Å²) in [5, 5.41) is 0. The predicted molar refractivity (Wildman–Crippen MR) is 94.0 cm³/mol. The van der Waals surface area contributed by atoms with Crippen molar-refractivity contribution in [3.8, 4) is 5.95 Å². The molecule has 0 fully saturated rings. The molecule has 26 heavy (non-hydrogen) atoms. The maximum atomic E-state index is 4.76.